The summed E-state index contributed by atoms with van der Waals surface area (Å²) < 4.78 is 0. The van der Waals surface area contributed by atoms with Crippen LogP contribution in [0.15, 0.2) is 0 Å². The van der Waals surface area contributed by atoms with Gasteiger partial charge in [-0.05, 0) is 38.1 Å². The maximum absolute atomic E-state index is 12.2. The molecule has 0 radical (unpaired) electrons. The number of carbonyl (C=O) groups is 1. The summed E-state index contributed by atoms with van der Waals surface area (Å²) in [6.07, 6.45) is 10.2. The largest absolute Gasteiger partial charge is 0.352 e. The highest BCUT2D eigenvalue weighted by atomic mass is 16.2. The Hall–Kier alpha value is -0.610. The van der Waals surface area contributed by atoms with Crippen molar-refractivity contribution in [1.82, 2.24) is 15.5 Å². The molecule has 2 aliphatic heterocycles. The summed E-state index contributed by atoms with van der Waals surface area (Å²) >= 11 is 0. The van der Waals surface area contributed by atoms with Gasteiger partial charge in [-0.3, -0.25) is 9.69 Å². The van der Waals surface area contributed by atoms with E-state index >= 15 is 0 Å². The van der Waals surface area contributed by atoms with Gasteiger partial charge < -0.3 is 10.6 Å². The Morgan fingerprint density at radius 2 is 1.85 bits per heavy atom. The van der Waals surface area contributed by atoms with Gasteiger partial charge in [0.05, 0.1) is 6.54 Å². The van der Waals surface area contributed by atoms with Crippen LogP contribution >= 0.6 is 0 Å². The van der Waals surface area contributed by atoms with E-state index in [0.29, 0.717) is 18.6 Å². The molecule has 2 unspecified atom stereocenters. The highest BCUT2D eigenvalue weighted by Gasteiger charge is 2.34. The summed E-state index contributed by atoms with van der Waals surface area (Å²) in [4.78, 5) is 14.6. The molecule has 20 heavy (non-hydrogen) atoms. The average Bonchev–Trinajstić information content (AvgIpc) is 2.66. The lowest BCUT2D eigenvalue weighted by Crippen LogP contribution is -2.43. The molecule has 4 heteroatoms. The molecule has 0 spiro atoms. The zero-order chi connectivity index (χ0) is 13.8. The average molecular weight is 279 g/mol. The van der Waals surface area contributed by atoms with Crippen molar-refractivity contribution in [2.75, 3.05) is 26.2 Å². The maximum atomic E-state index is 12.2. The van der Waals surface area contributed by atoms with Gasteiger partial charge in [0.1, 0.15) is 0 Å². The number of amides is 1. The van der Waals surface area contributed by atoms with Crippen molar-refractivity contribution in [2.24, 2.45) is 5.92 Å². The monoisotopic (exact) mass is 279 g/mol. The minimum absolute atomic E-state index is 0.246. The quantitative estimate of drug-likeness (QED) is 0.770. The minimum Gasteiger partial charge on any atom is -0.352 e. The summed E-state index contributed by atoms with van der Waals surface area (Å²) in [5.41, 5.74) is 0. The van der Waals surface area contributed by atoms with Gasteiger partial charge >= 0.3 is 0 Å². The zero-order valence-electron chi connectivity index (χ0n) is 12.6. The summed E-state index contributed by atoms with van der Waals surface area (Å²) in [5, 5.41) is 6.87. The van der Waals surface area contributed by atoms with E-state index in [0.717, 1.165) is 25.6 Å². The van der Waals surface area contributed by atoms with Crippen LogP contribution in [0, 0.1) is 5.92 Å². The summed E-state index contributed by atoms with van der Waals surface area (Å²) in [6.45, 7) is 3.92. The SMILES string of the molecule is O=C(CN1CC2CCCNC2C1)NC1CCCCCC1. The molecule has 114 valence electrons. The van der Waals surface area contributed by atoms with Gasteiger partial charge in [0.15, 0.2) is 0 Å². The number of hydrogen-bond donors (Lipinski definition) is 2. The van der Waals surface area contributed by atoms with Crippen molar-refractivity contribution in [3.63, 3.8) is 0 Å². The Morgan fingerprint density at radius 3 is 2.60 bits per heavy atom. The topological polar surface area (TPSA) is 44.4 Å². The Morgan fingerprint density at radius 1 is 1.05 bits per heavy atom. The molecule has 3 fully saturated rings. The van der Waals surface area contributed by atoms with Gasteiger partial charge in [-0.1, -0.05) is 25.7 Å². The fourth-order valence-electron chi connectivity index (χ4n) is 4.17. The molecule has 0 aromatic carbocycles. The molecule has 2 saturated heterocycles. The highest BCUT2D eigenvalue weighted by Crippen LogP contribution is 2.24. The number of hydrogen-bond acceptors (Lipinski definition) is 3. The van der Waals surface area contributed by atoms with Crippen LogP contribution in [0.5, 0.6) is 0 Å². The van der Waals surface area contributed by atoms with Gasteiger partial charge in [0, 0.05) is 25.2 Å². The van der Waals surface area contributed by atoms with Crippen LogP contribution in [0.2, 0.25) is 0 Å². The Bertz CT molecular complexity index is 312. The van der Waals surface area contributed by atoms with E-state index in [1.807, 2.05) is 0 Å². The van der Waals surface area contributed by atoms with E-state index in [9.17, 15) is 4.79 Å². The van der Waals surface area contributed by atoms with Gasteiger partial charge in [-0.25, -0.2) is 0 Å². The van der Waals surface area contributed by atoms with Crippen LogP contribution in [0.4, 0.5) is 0 Å². The van der Waals surface area contributed by atoms with E-state index in [1.165, 1.54) is 51.4 Å². The van der Waals surface area contributed by atoms with Gasteiger partial charge in [-0.2, -0.15) is 0 Å². The van der Waals surface area contributed by atoms with Gasteiger partial charge in [0.25, 0.3) is 0 Å². The zero-order valence-corrected chi connectivity index (χ0v) is 12.6. The molecule has 0 aromatic heterocycles. The van der Waals surface area contributed by atoms with E-state index in [1.54, 1.807) is 0 Å². The lowest BCUT2D eigenvalue weighted by Gasteiger charge is -2.24. The first kappa shape index (κ1) is 14.3. The predicted octanol–water partition coefficient (Wildman–Crippen LogP) is 1.51. The second-order valence-corrected chi connectivity index (χ2v) is 6.91. The summed E-state index contributed by atoms with van der Waals surface area (Å²) in [5.74, 6) is 1.02. The first-order chi connectivity index (χ1) is 9.81. The second kappa shape index (κ2) is 6.90. The van der Waals surface area contributed by atoms with E-state index < -0.39 is 0 Å². The standard InChI is InChI=1S/C16H29N3O/c20-16(18-14-7-3-1-2-4-8-14)12-19-10-13-6-5-9-17-15(13)11-19/h13-15,17H,1-12H2,(H,18,20). The van der Waals surface area contributed by atoms with Crippen LogP contribution in [-0.4, -0.2) is 49.1 Å². The molecule has 3 rings (SSSR count). The number of carbonyl (C=O) groups excluding carboxylic acids is 1. The third-order valence-electron chi connectivity index (χ3n) is 5.26. The van der Waals surface area contributed by atoms with Crippen molar-refractivity contribution in [2.45, 2.75) is 63.5 Å². The van der Waals surface area contributed by atoms with Crippen LogP contribution in [-0.2, 0) is 4.79 Å². The van der Waals surface area contributed by atoms with Crippen LogP contribution < -0.4 is 10.6 Å². The number of likely N-dealkylation sites (tertiary alicyclic amines) is 1. The smallest absolute Gasteiger partial charge is 0.234 e. The molecule has 1 saturated carbocycles. The molecule has 1 amide bonds. The van der Waals surface area contributed by atoms with E-state index in [-0.39, 0.29) is 5.91 Å². The van der Waals surface area contributed by atoms with Crippen molar-refractivity contribution >= 4 is 5.91 Å². The third-order valence-corrected chi connectivity index (χ3v) is 5.26. The summed E-state index contributed by atoms with van der Waals surface area (Å²) in [6, 6.07) is 1.07. The molecule has 4 nitrogen and oxygen atoms in total. The molecule has 0 bridgehead atoms. The highest BCUT2D eigenvalue weighted by molar-refractivity contribution is 5.78. The lowest BCUT2D eigenvalue weighted by molar-refractivity contribution is -0.122. The van der Waals surface area contributed by atoms with Gasteiger partial charge in [0.2, 0.25) is 5.91 Å². The predicted molar refractivity (Wildman–Crippen MR) is 80.6 cm³/mol. The lowest BCUT2D eigenvalue weighted by atomic mass is 9.94. The van der Waals surface area contributed by atoms with Crippen molar-refractivity contribution < 1.29 is 4.79 Å². The Labute approximate surface area is 122 Å². The summed E-state index contributed by atoms with van der Waals surface area (Å²) in [7, 11) is 0. The Balaban J connectivity index is 1.42. The maximum Gasteiger partial charge on any atom is 0.234 e. The first-order valence-corrected chi connectivity index (χ1v) is 8.56. The van der Waals surface area contributed by atoms with Gasteiger partial charge in [-0.15, -0.1) is 0 Å². The molecule has 3 aliphatic rings. The number of piperidine rings is 1. The van der Waals surface area contributed by atoms with Crippen molar-refractivity contribution in [3.05, 3.63) is 0 Å². The fourth-order valence-corrected chi connectivity index (χ4v) is 4.17. The molecule has 0 aromatic rings. The van der Waals surface area contributed by atoms with E-state index in [4.69, 9.17) is 0 Å². The number of fused-ring (bicyclic) bond motifs is 1. The minimum atomic E-state index is 0.246. The number of nitrogens with one attached hydrogen (secondary N) is 2. The normalized spacial score (nSPS) is 32.6. The second-order valence-electron chi connectivity index (χ2n) is 6.91. The van der Waals surface area contributed by atoms with Crippen molar-refractivity contribution in [1.29, 1.82) is 0 Å². The van der Waals surface area contributed by atoms with Crippen LogP contribution in [0.25, 0.3) is 0 Å². The molecule has 2 heterocycles. The molecule has 1 aliphatic carbocycles. The fraction of sp³-hybridized carbons (Fsp3) is 0.938. The Kier molecular flexibility index (Phi) is 4.94. The third kappa shape index (κ3) is 3.73. The van der Waals surface area contributed by atoms with Crippen molar-refractivity contribution in [3.8, 4) is 0 Å². The molecule has 2 N–H and O–H groups in total. The number of nitrogens with zero attached hydrogens (tertiary/aromatic N) is 1. The van der Waals surface area contributed by atoms with Crippen LogP contribution in [0.1, 0.15) is 51.4 Å². The molecule has 2 atom stereocenters. The van der Waals surface area contributed by atoms with E-state index in [2.05, 4.69) is 15.5 Å². The van der Waals surface area contributed by atoms with Crippen LogP contribution in [0.3, 0.4) is 0 Å². The number of rotatable bonds is 3. The molecular formula is C16H29N3O. The molecular weight excluding hydrogens is 250 g/mol. The first-order valence-electron chi connectivity index (χ1n) is 8.56.